The summed E-state index contributed by atoms with van der Waals surface area (Å²) in [5, 5.41) is 1.18. The van der Waals surface area contributed by atoms with Crippen LogP contribution in [0.2, 0.25) is 0 Å². The second-order valence-electron chi connectivity index (χ2n) is 2.32. The molecule has 0 saturated carbocycles. The first-order valence-corrected chi connectivity index (χ1v) is 5.79. The average molecular weight is 150 g/mol. The molecule has 8 heavy (non-hydrogen) atoms. The fourth-order valence-corrected chi connectivity index (χ4v) is 3.80. The van der Waals surface area contributed by atoms with Crippen LogP contribution in [0.15, 0.2) is 0 Å². The first-order valence-electron chi connectivity index (χ1n) is 3.26. The topological polar surface area (TPSA) is 0 Å². The highest BCUT2D eigenvalue weighted by Crippen LogP contribution is 2.33. The van der Waals surface area contributed by atoms with E-state index in [1.165, 1.54) is 35.9 Å². The van der Waals surface area contributed by atoms with Gasteiger partial charge in [0.15, 0.2) is 0 Å². The molecule has 1 aliphatic heterocycles. The van der Waals surface area contributed by atoms with Gasteiger partial charge in [-0.05, 0) is 24.3 Å². The van der Waals surface area contributed by atoms with E-state index in [1.54, 1.807) is 0 Å². The molecule has 50 valence electrons. The van der Waals surface area contributed by atoms with Crippen molar-refractivity contribution in [2.75, 3.05) is 16.6 Å². The summed E-state index contributed by atoms with van der Waals surface area (Å²) in [6.07, 6.45) is 4.44. The van der Waals surface area contributed by atoms with Gasteiger partial charge in [0.25, 0.3) is 0 Å². The van der Waals surface area contributed by atoms with Crippen LogP contribution in [-0.4, -0.2) is 16.6 Å². The molecule has 0 atom stereocenters. The fourth-order valence-electron chi connectivity index (χ4n) is 1.10. The minimum absolute atomic E-state index is 0.395. The van der Waals surface area contributed by atoms with E-state index in [1.807, 2.05) is 0 Å². The first-order chi connectivity index (χ1) is 3.93. The van der Waals surface area contributed by atoms with Gasteiger partial charge >= 0.3 is 0 Å². The van der Waals surface area contributed by atoms with Crippen molar-refractivity contribution in [1.82, 2.24) is 0 Å². The van der Waals surface area contributed by atoms with Crippen LogP contribution in [0.3, 0.4) is 0 Å². The summed E-state index contributed by atoms with van der Waals surface area (Å²) >= 11 is 4.29. The smallest absolute Gasteiger partial charge is 0.0181 e. The largest absolute Gasteiger partial charge is 0.245 e. The Morgan fingerprint density at radius 2 is 1.75 bits per heavy atom. The maximum Gasteiger partial charge on any atom is 0.0181 e. The zero-order chi connectivity index (χ0) is 5.82. The highest BCUT2D eigenvalue weighted by atomic mass is 32.2. The Balaban J connectivity index is 2.13. The van der Waals surface area contributed by atoms with E-state index in [-0.39, 0.29) is 0 Å². The van der Waals surface area contributed by atoms with E-state index in [2.05, 4.69) is 12.6 Å². The molecular formula is C6H14S2. The van der Waals surface area contributed by atoms with Crippen LogP contribution in [0.5, 0.6) is 0 Å². The fraction of sp³-hybridized carbons (Fsp3) is 1.00. The average Bonchev–Trinajstić information content (AvgIpc) is 1.90. The van der Waals surface area contributed by atoms with Crippen LogP contribution >= 0.6 is 23.5 Å². The minimum Gasteiger partial charge on any atom is -0.245 e. The van der Waals surface area contributed by atoms with Gasteiger partial charge in [-0.2, -0.15) is 12.6 Å². The Morgan fingerprint density at radius 1 is 1.12 bits per heavy atom. The monoisotopic (exact) mass is 150 g/mol. The second kappa shape index (κ2) is 3.67. The van der Waals surface area contributed by atoms with Crippen molar-refractivity contribution in [2.45, 2.75) is 19.3 Å². The third-order valence-electron chi connectivity index (χ3n) is 1.65. The number of hydrogen-bond acceptors (Lipinski definition) is 1. The molecule has 0 aromatic heterocycles. The zero-order valence-corrected chi connectivity index (χ0v) is 6.93. The van der Waals surface area contributed by atoms with Crippen LogP contribution in [0, 0.1) is 0 Å². The van der Waals surface area contributed by atoms with Crippen molar-refractivity contribution < 1.29 is 0 Å². The summed E-state index contributed by atoms with van der Waals surface area (Å²) in [5.74, 6) is 3.00. The van der Waals surface area contributed by atoms with Gasteiger partial charge in [0.1, 0.15) is 0 Å². The molecule has 1 rings (SSSR count). The van der Waals surface area contributed by atoms with E-state index in [0.29, 0.717) is 10.9 Å². The molecule has 1 heterocycles. The molecule has 2 heteroatoms. The lowest BCUT2D eigenvalue weighted by Gasteiger charge is -2.23. The van der Waals surface area contributed by atoms with E-state index < -0.39 is 0 Å². The molecule has 0 N–H and O–H groups in total. The molecule has 0 spiro atoms. The molecule has 0 aromatic carbocycles. The molecule has 0 bridgehead atoms. The van der Waals surface area contributed by atoms with Gasteiger partial charge in [0.2, 0.25) is 0 Å². The van der Waals surface area contributed by atoms with Crippen molar-refractivity contribution in [3.05, 3.63) is 0 Å². The summed E-state index contributed by atoms with van der Waals surface area (Å²) in [4.78, 5) is 0. The van der Waals surface area contributed by atoms with Gasteiger partial charge < -0.3 is 0 Å². The summed E-state index contributed by atoms with van der Waals surface area (Å²) in [6, 6.07) is 0. The summed E-state index contributed by atoms with van der Waals surface area (Å²) in [7, 11) is 0.395. The predicted octanol–water partition coefficient (Wildman–Crippen LogP) is 2.06. The van der Waals surface area contributed by atoms with Crippen molar-refractivity contribution >= 4 is 23.5 Å². The molecule has 0 aliphatic carbocycles. The molecule has 0 nitrogen and oxygen atoms in total. The summed E-state index contributed by atoms with van der Waals surface area (Å²) in [6.45, 7) is 0. The quantitative estimate of drug-likeness (QED) is 0.525. The van der Waals surface area contributed by atoms with Gasteiger partial charge in [0.05, 0.1) is 0 Å². The lowest BCUT2D eigenvalue weighted by atomic mass is 10.3. The van der Waals surface area contributed by atoms with Crippen molar-refractivity contribution in [1.29, 1.82) is 0 Å². The van der Waals surface area contributed by atoms with E-state index in [4.69, 9.17) is 0 Å². The lowest BCUT2D eigenvalue weighted by molar-refractivity contribution is 0.760. The van der Waals surface area contributed by atoms with E-state index in [0.717, 1.165) is 0 Å². The van der Waals surface area contributed by atoms with Gasteiger partial charge in [-0.3, -0.25) is 0 Å². The molecule has 1 fully saturated rings. The number of rotatable bonds is 1. The Morgan fingerprint density at radius 3 is 2.12 bits per heavy atom. The van der Waals surface area contributed by atoms with Gasteiger partial charge in [-0.25, -0.2) is 10.9 Å². The molecule has 0 unspecified atom stereocenters. The molecule has 0 amide bonds. The predicted molar refractivity (Wildman–Crippen MR) is 46.4 cm³/mol. The van der Waals surface area contributed by atoms with Crippen LogP contribution in [0.1, 0.15) is 19.3 Å². The minimum atomic E-state index is 0.395. The van der Waals surface area contributed by atoms with Crippen molar-refractivity contribution in [3.63, 3.8) is 0 Å². The Hall–Kier alpha value is 0.700. The van der Waals surface area contributed by atoms with Crippen molar-refractivity contribution in [2.24, 2.45) is 0 Å². The zero-order valence-electron chi connectivity index (χ0n) is 5.14. The summed E-state index contributed by atoms with van der Waals surface area (Å²) < 4.78 is 0. The molecule has 0 radical (unpaired) electrons. The van der Waals surface area contributed by atoms with Crippen LogP contribution in [0.25, 0.3) is 0 Å². The van der Waals surface area contributed by atoms with Gasteiger partial charge in [0, 0.05) is 5.08 Å². The van der Waals surface area contributed by atoms with E-state index >= 15 is 0 Å². The number of hydrogen-bond donors (Lipinski definition) is 2. The Labute approximate surface area is 59.8 Å². The standard InChI is InChI=1S/C6H14S2/c7-6-8-4-2-1-3-5-8/h7-8H,1-6H2. The normalized spacial score (nSPS) is 25.9. The second-order valence-corrected chi connectivity index (χ2v) is 5.69. The van der Waals surface area contributed by atoms with E-state index in [9.17, 15) is 0 Å². The lowest BCUT2D eigenvalue weighted by Crippen LogP contribution is -2.02. The Kier molecular flexibility index (Phi) is 3.13. The van der Waals surface area contributed by atoms with Crippen molar-refractivity contribution in [3.8, 4) is 0 Å². The van der Waals surface area contributed by atoms with Crippen LogP contribution in [0.4, 0.5) is 0 Å². The SMILES string of the molecule is SC[SH]1CCCCC1. The summed E-state index contributed by atoms with van der Waals surface area (Å²) in [5.41, 5.74) is 0. The molecular weight excluding hydrogens is 136 g/mol. The van der Waals surface area contributed by atoms with Gasteiger partial charge in [-0.1, -0.05) is 6.42 Å². The Bertz CT molecular complexity index is 57.5. The van der Waals surface area contributed by atoms with Gasteiger partial charge in [-0.15, -0.1) is 0 Å². The first kappa shape index (κ1) is 6.81. The third-order valence-corrected chi connectivity index (χ3v) is 5.15. The highest BCUT2D eigenvalue weighted by molar-refractivity contribution is 8.23. The third kappa shape index (κ3) is 1.90. The number of thiol groups is 2. The molecule has 0 aromatic rings. The highest BCUT2D eigenvalue weighted by Gasteiger charge is 2.06. The molecule has 1 saturated heterocycles. The maximum absolute atomic E-state index is 4.29. The maximum atomic E-state index is 4.29. The van der Waals surface area contributed by atoms with Crippen LogP contribution in [-0.2, 0) is 0 Å². The molecule has 1 aliphatic rings. The van der Waals surface area contributed by atoms with Crippen LogP contribution < -0.4 is 0 Å².